The highest BCUT2D eigenvalue weighted by Crippen LogP contribution is 2.23. The lowest BCUT2D eigenvalue weighted by Crippen LogP contribution is -2.21. The van der Waals surface area contributed by atoms with Crippen LogP contribution in [0.3, 0.4) is 0 Å². The highest BCUT2D eigenvalue weighted by Gasteiger charge is 2.09. The number of carbonyl (C=O) groups excluding carboxylic acids is 1. The molecule has 0 aromatic heterocycles. The topological polar surface area (TPSA) is 38.3 Å². The summed E-state index contributed by atoms with van der Waals surface area (Å²) in [5, 5.41) is 3.40. The Bertz CT molecular complexity index is 849. The summed E-state index contributed by atoms with van der Waals surface area (Å²) < 4.78 is 5.48. The van der Waals surface area contributed by atoms with E-state index in [1.807, 2.05) is 54.6 Å². The van der Waals surface area contributed by atoms with E-state index >= 15 is 0 Å². The van der Waals surface area contributed by atoms with E-state index in [1.165, 1.54) is 5.56 Å². The van der Waals surface area contributed by atoms with E-state index in [9.17, 15) is 4.79 Å². The van der Waals surface area contributed by atoms with Gasteiger partial charge in [-0.2, -0.15) is 0 Å². The van der Waals surface area contributed by atoms with Crippen LogP contribution in [-0.4, -0.2) is 12.5 Å². The van der Waals surface area contributed by atoms with E-state index in [2.05, 4.69) is 17.4 Å². The second-order valence-electron chi connectivity index (χ2n) is 5.59. The fraction of sp³-hybridized carbons (Fsp3) is 0.0952. The fourth-order valence-electron chi connectivity index (χ4n) is 2.50. The first-order valence-corrected chi connectivity index (χ1v) is 8.39. The van der Waals surface area contributed by atoms with Gasteiger partial charge in [-0.1, -0.05) is 72.3 Å². The quantitative estimate of drug-likeness (QED) is 0.682. The van der Waals surface area contributed by atoms with E-state index in [1.54, 1.807) is 12.1 Å². The van der Waals surface area contributed by atoms with E-state index < -0.39 is 0 Å². The van der Waals surface area contributed by atoms with Gasteiger partial charge >= 0.3 is 0 Å². The Kier molecular flexibility index (Phi) is 5.70. The van der Waals surface area contributed by atoms with Crippen molar-refractivity contribution in [1.82, 2.24) is 0 Å². The van der Waals surface area contributed by atoms with Crippen LogP contribution in [0.1, 0.15) is 11.1 Å². The Hall–Kier alpha value is -2.78. The van der Waals surface area contributed by atoms with Gasteiger partial charge in [-0.05, 0) is 35.7 Å². The molecule has 0 radical (unpaired) electrons. The highest BCUT2D eigenvalue weighted by atomic mass is 35.5. The van der Waals surface area contributed by atoms with Gasteiger partial charge in [-0.15, -0.1) is 0 Å². The zero-order valence-electron chi connectivity index (χ0n) is 13.6. The minimum Gasteiger partial charge on any atom is -0.482 e. The predicted octanol–water partition coefficient (Wildman–Crippen LogP) is 4.95. The lowest BCUT2D eigenvalue weighted by molar-refractivity contribution is -0.118. The van der Waals surface area contributed by atoms with Gasteiger partial charge < -0.3 is 10.1 Å². The van der Waals surface area contributed by atoms with Crippen LogP contribution in [-0.2, 0) is 11.2 Å². The maximum Gasteiger partial charge on any atom is 0.262 e. The first-order valence-electron chi connectivity index (χ1n) is 8.01. The van der Waals surface area contributed by atoms with Crippen LogP contribution in [0, 0.1) is 0 Å². The molecule has 0 aliphatic heterocycles. The molecule has 4 heteroatoms. The Morgan fingerprint density at radius 2 is 1.56 bits per heavy atom. The van der Waals surface area contributed by atoms with Crippen molar-refractivity contribution < 1.29 is 9.53 Å². The second-order valence-corrected chi connectivity index (χ2v) is 5.99. The molecule has 0 atom stereocenters. The monoisotopic (exact) mass is 351 g/mol. The third-order valence-electron chi connectivity index (χ3n) is 3.72. The van der Waals surface area contributed by atoms with Crippen LogP contribution in [0.5, 0.6) is 5.75 Å². The highest BCUT2D eigenvalue weighted by molar-refractivity contribution is 6.32. The van der Waals surface area contributed by atoms with E-state index in [0.29, 0.717) is 10.8 Å². The smallest absolute Gasteiger partial charge is 0.262 e. The Morgan fingerprint density at radius 3 is 2.36 bits per heavy atom. The summed E-state index contributed by atoms with van der Waals surface area (Å²) in [6.07, 6.45) is 0.753. The van der Waals surface area contributed by atoms with Gasteiger partial charge in [0, 0.05) is 5.69 Å². The maximum absolute atomic E-state index is 12.2. The molecular formula is C21H18ClNO2. The molecular weight excluding hydrogens is 334 g/mol. The molecule has 3 rings (SSSR count). The van der Waals surface area contributed by atoms with E-state index in [0.717, 1.165) is 17.7 Å². The molecule has 25 heavy (non-hydrogen) atoms. The van der Waals surface area contributed by atoms with Crippen LogP contribution in [0.4, 0.5) is 5.69 Å². The number of carbonyl (C=O) groups is 1. The van der Waals surface area contributed by atoms with Crippen LogP contribution in [0.2, 0.25) is 5.02 Å². The number of amides is 1. The molecule has 0 aliphatic carbocycles. The average molecular weight is 352 g/mol. The van der Waals surface area contributed by atoms with Crippen molar-refractivity contribution in [3.05, 3.63) is 95.0 Å². The number of para-hydroxylation sites is 2. The number of hydrogen-bond donors (Lipinski definition) is 1. The number of benzene rings is 3. The molecule has 1 amide bonds. The average Bonchev–Trinajstić information content (AvgIpc) is 2.64. The molecule has 0 heterocycles. The zero-order chi connectivity index (χ0) is 17.5. The van der Waals surface area contributed by atoms with Crippen molar-refractivity contribution >= 4 is 23.2 Å². The Labute approximate surface area is 152 Å². The molecule has 0 fully saturated rings. The molecule has 0 aliphatic rings. The minimum atomic E-state index is -0.222. The number of hydrogen-bond acceptors (Lipinski definition) is 2. The molecule has 0 spiro atoms. The summed E-state index contributed by atoms with van der Waals surface area (Å²) in [7, 11) is 0. The van der Waals surface area contributed by atoms with Gasteiger partial charge in [-0.25, -0.2) is 0 Å². The third kappa shape index (κ3) is 4.85. The first-order chi connectivity index (χ1) is 12.2. The number of ether oxygens (including phenoxy) is 1. The standard InChI is InChI=1S/C21H18ClNO2/c22-18-11-5-7-13-20(18)25-15-21(24)23-19-12-6-4-10-17(19)14-16-8-2-1-3-9-16/h1-13H,14-15H2,(H,23,24). The summed E-state index contributed by atoms with van der Waals surface area (Å²) in [5.41, 5.74) is 3.04. The van der Waals surface area contributed by atoms with Crippen molar-refractivity contribution in [2.24, 2.45) is 0 Å². The molecule has 3 nitrogen and oxygen atoms in total. The van der Waals surface area contributed by atoms with E-state index in [-0.39, 0.29) is 12.5 Å². The third-order valence-corrected chi connectivity index (χ3v) is 4.04. The largest absolute Gasteiger partial charge is 0.482 e. The van der Waals surface area contributed by atoms with E-state index in [4.69, 9.17) is 16.3 Å². The molecule has 3 aromatic rings. The molecule has 0 saturated carbocycles. The van der Waals surface area contributed by atoms with Crippen molar-refractivity contribution in [2.75, 3.05) is 11.9 Å². The lowest BCUT2D eigenvalue weighted by atomic mass is 10.0. The van der Waals surface area contributed by atoms with Crippen molar-refractivity contribution in [3.63, 3.8) is 0 Å². The second kappa shape index (κ2) is 8.36. The van der Waals surface area contributed by atoms with Crippen LogP contribution in [0.25, 0.3) is 0 Å². The number of nitrogens with one attached hydrogen (secondary N) is 1. The number of rotatable bonds is 6. The zero-order valence-corrected chi connectivity index (χ0v) is 14.4. The van der Waals surface area contributed by atoms with Gasteiger partial charge in [0.15, 0.2) is 6.61 Å². The molecule has 1 N–H and O–H groups in total. The molecule has 126 valence electrons. The van der Waals surface area contributed by atoms with Gasteiger partial charge in [0.05, 0.1) is 5.02 Å². The first kappa shape index (κ1) is 17.1. The molecule has 0 unspecified atom stereocenters. The summed E-state index contributed by atoms with van der Waals surface area (Å²) in [5.74, 6) is 0.275. The minimum absolute atomic E-state index is 0.0938. The van der Waals surface area contributed by atoms with Crippen molar-refractivity contribution in [2.45, 2.75) is 6.42 Å². The number of anilines is 1. The predicted molar refractivity (Wildman–Crippen MR) is 101 cm³/mol. The van der Waals surface area contributed by atoms with Gasteiger partial charge in [0.2, 0.25) is 0 Å². The van der Waals surface area contributed by atoms with Crippen molar-refractivity contribution in [3.8, 4) is 5.75 Å². The summed E-state index contributed by atoms with van der Waals surface area (Å²) >= 11 is 6.03. The van der Waals surface area contributed by atoms with Crippen LogP contribution >= 0.6 is 11.6 Å². The lowest BCUT2D eigenvalue weighted by Gasteiger charge is -2.12. The van der Waals surface area contributed by atoms with Gasteiger partial charge in [0.25, 0.3) is 5.91 Å². The summed E-state index contributed by atoms with van der Waals surface area (Å²) in [6.45, 7) is -0.0938. The SMILES string of the molecule is O=C(COc1ccccc1Cl)Nc1ccccc1Cc1ccccc1. The van der Waals surface area contributed by atoms with Gasteiger partial charge in [-0.3, -0.25) is 4.79 Å². The molecule has 0 bridgehead atoms. The van der Waals surface area contributed by atoms with Gasteiger partial charge in [0.1, 0.15) is 5.75 Å². The summed E-state index contributed by atoms with van der Waals surface area (Å²) in [6, 6.07) is 25.0. The Balaban J connectivity index is 1.64. The maximum atomic E-state index is 12.2. The van der Waals surface area contributed by atoms with Crippen LogP contribution in [0.15, 0.2) is 78.9 Å². The Morgan fingerprint density at radius 1 is 0.880 bits per heavy atom. The van der Waals surface area contributed by atoms with Crippen LogP contribution < -0.4 is 10.1 Å². The summed E-state index contributed by atoms with van der Waals surface area (Å²) in [4.78, 5) is 12.2. The number of halogens is 1. The molecule has 3 aromatic carbocycles. The fourth-order valence-corrected chi connectivity index (χ4v) is 2.69. The molecule has 0 saturated heterocycles. The normalized spacial score (nSPS) is 10.3. The van der Waals surface area contributed by atoms with Crippen molar-refractivity contribution in [1.29, 1.82) is 0 Å².